The maximum Gasteiger partial charge on any atom is 0.320 e. The number of hydrogen-bond acceptors (Lipinski definition) is 4. The van der Waals surface area contributed by atoms with Gasteiger partial charge in [0.25, 0.3) is 0 Å². The van der Waals surface area contributed by atoms with Crippen molar-refractivity contribution in [2.24, 2.45) is 5.92 Å². The Hall–Kier alpha value is -2.61. The molecule has 2 aromatic rings. The number of hydrogen-bond donors (Lipinski definition) is 1. The molecule has 6 rings (SSSR count). The summed E-state index contributed by atoms with van der Waals surface area (Å²) in [7, 11) is 0. The number of piperidine rings is 1. The summed E-state index contributed by atoms with van der Waals surface area (Å²) in [5.41, 5.74) is 2.49. The Morgan fingerprint density at radius 1 is 0.851 bits per heavy atom. The average molecular weight is 662 g/mol. The number of likely N-dealkylation sites (tertiary alicyclic amines) is 1. The van der Waals surface area contributed by atoms with Gasteiger partial charge < -0.3 is 20.0 Å². The molecule has 2 bridgehead atoms. The van der Waals surface area contributed by atoms with E-state index < -0.39 is 0 Å². The fourth-order valence-electron chi connectivity index (χ4n) is 9.02. The number of halogens is 1. The van der Waals surface area contributed by atoms with Crippen LogP contribution in [0.3, 0.4) is 0 Å². The third-order valence-electron chi connectivity index (χ3n) is 11.5. The SMILES string of the molecule is CCN(CC)C(=O)N(C1CCCCC1)C1CC2CCC(C1)N2C(=O)[C@H](Cc1ccc(Cl)cc1)NCC1CCN(Cc2ccccc2)C1. The lowest BCUT2D eigenvalue weighted by Gasteiger charge is -2.48. The van der Waals surface area contributed by atoms with Crippen molar-refractivity contribution in [3.8, 4) is 0 Å². The minimum Gasteiger partial charge on any atom is -0.335 e. The first-order chi connectivity index (χ1) is 22.9. The quantitative estimate of drug-likeness (QED) is 0.267. The van der Waals surface area contributed by atoms with Gasteiger partial charge in [0.2, 0.25) is 5.91 Å². The van der Waals surface area contributed by atoms with Gasteiger partial charge in [0.1, 0.15) is 0 Å². The highest BCUT2D eigenvalue weighted by molar-refractivity contribution is 6.30. The van der Waals surface area contributed by atoms with Crippen molar-refractivity contribution in [2.45, 2.75) is 121 Å². The zero-order chi connectivity index (χ0) is 32.8. The first-order valence-corrected chi connectivity index (χ1v) is 18.9. The largest absolute Gasteiger partial charge is 0.335 e. The molecule has 0 aromatic heterocycles. The minimum absolute atomic E-state index is 0.198. The molecule has 3 aliphatic heterocycles. The lowest BCUT2D eigenvalue weighted by atomic mass is 9.89. The summed E-state index contributed by atoms with van der Waals surface area (Å²) in [6, 6.07) is 19.6. The van der Waals surface area contributed by atoms with E-state index in [0.29, 0.717) is 18.4 Å². The molecule has 1 N–H and O–H groups in total. The van der Waals surface area contributed by atoms with Crippen LogP contribution in [0.2, 0.25) is 5.02 Å². The molecule has 1 aliphatic carbocycles. The van der Waals surface area contributed by atoms with Crippen molar-refractivity contribution in [3.63, 3.8) is 0 Å². The lowest BCUT2D eigenvalue weighted by Crippen LogP contribution is -2.61. The summed E-state index contributed by atoms with van der Waals surface area (Å²) in [6.07, 6.45) is 11.6. The molecule has 3 heterocycles. The van der Waals surface area contributed by atoms with E-state index in [1.165, 1.54) is 24.8 Å². The Bertz CT molecular complexity index is 1280. The highest BCUT2D eigenvalue weighted by Gasteiger charge is 2.48. The zero-order valence-electron chi connectivity index (χ0n) is 28.7. The van der Waals surface area contributed by atoms with Crippen molar-refractivity contribution >= 4 is 23.5 Å². The van der Waals surface area contributed by atoms with Crippen LogP contribution in [0.5, 0.6) is 0 Å². The standard InChI is InChI=1S/C39H56ClN5O2/c1-3-43(4-2)39(47)45(33-13-9-6-10-14-33)36-24-34-19-20-35(25-36)44(34)38(46)37(23-29-15-17-32(40)18-16-29)41-26-31-21-22-42(28-31)27-30-11-7-5-8-12-30/h5,7-8,11-12,15-18,31,33-37,41H,3-4,6,9-10,13-14,19-28H2,1-2H3/t31?,34?,35?,36?,37-/m0/s1. The van der Waals surface area contributed by atoms with Crippen molar-refractivity contribution in [1.82, 2.24) is 24.9 Å². The second-order valence-corrected chi connectivity index (χ2v) is 15.0. The van der Waals surface area contributed by atoms with E-state index in [2.05, 4.69) is 76.3 Å². The van der Waals surface area contributed by atoms with E-state index in [1.54, 1.807) is 0 Å². The van der Waals surface area contributed by atoms with Crippen LogP contribution in [0.4, 0.5) is 4.79 Å². The molecule has 1 saturated carbocycles. The van der Waals surface area contributed by atoms with Crippen molar-refractivity contribution in [2.75, 3.05) is 32.7 Å². The number of fused-ring (bicyclic) bond motifs is 2. The van der Waals surface area contributed by atoms with Crippen LogP contribution in [0.15, 0.2) is 54.6 Å². The Kier molecular flexibility index (Phi) is 11.8. The van der Waals surface area contributed by atoms with Crippen LogP contribution in [0.25, 0.3) is 0 Å². The predicted octanol–water partition coefficient (Wildman–Crippen LogP) is 6.98. The molecular formula is C39H56ClN5O2. The molecule has 47 heavy (non-hydrogen) atoms. The van der Waals surface area contributed by atoms with Gasteiger partial charge in [0.15, 0.2) is 0 Å². The first kappa shape index (κ1) is 34.3. The van der Waals surface area contributed by atoms with Gasteiger partial charge in [-0.05, 0) is 107 Å². The predicted molar refractivity (Wildman–Crippen MR) is 190 cm³/mol. The molecule has 4 aliphatic rings. The van der Waals surface area contributed by atoms with Gasteiger partial charge in [-0.15, -0.1) is 0 Å². The Labute approximate surface area is 288 Å². The second kappa shape index (κ2) is 16.2. The molecule has 7 nitrogen and oxygen atoms in total. The third-order valence-corrected chi connectivity index (χ3v) is 11.8. The van der Waals surface area contributed by atoms with E-state index in [4.69, 9.17) is 11.6 Å². The van der Waals surface area contributed by atoms with Gasteiger partial charge >= 0.3 is 6.03 Å². The number of amides is 3. The van der Waals surface area contributed by atoms with Crippen LogP contribution in [-0.2, 0) is 17.8 Å². The van der Waals surface area contributed by atoms with Crippen LogP contribution < -0.4 is 5.32 Å². The topological polar surface area (TPSA) is 59.1 Å². The number of rotatable bonds is 12. The van der Waals surface area contributed by atoms with Crippen LogP contribution in [0, 0.1) is 5.92 Å². The monoisotopic (exact) mass is 661 g/mol. The smallest absolute Gasteiger partial charge is 0.320 e. The fraction of sp³-hybridized carbons (Fsp3) is 0.641. The summed E-state index contributed by atoms with van der Waals surface area (Å²) < 4.78 is 0. The molecule has 0 radical (unpaired) electrons. The van der Waals surface area contributed by atoms with Crippen LogP contribution >= 0.6 is 11.6 Å². The molecule has 4 atom stereocenters. The van der Waals surface area contributed by atoms with Gasteiger partial charge in [0.05, 0.1) is 6.04 Å². The molecule has 3 unspecified atom stereocenters. The minimum atomic E-state index is -0.272. The number of benzene rings is 2. The van der Waals surface area contributed by atoms with Gasteiger partial charge in [-0.2, -0.15) is 0 Å². The number of carbonyl (C=O) groups excluding carboxylic acids is 2. The zero-order valence-corrected chi connectivity index (χ0v) is 29.4. The molecule has 8 heteroatoms. The second-order valence-electron chi connectivity index (χ2n) is 14.6. The van der Waals surface area contributed by atoms with E-state index in [9.17, 15) is 9.59 Å². The number of nitrogens with zero attached hydrogens (tertiary/aromatic N) is 4. The number of urea groups is 1. The summed E-state index contributed by atoms with van der Waals surface area (Å²) in [4.78, 5) is 37.7. The van der Waals surface area contributed by atoms with Crippen LogP contribution in [-0.4, -0.2) is 94.5 Å². The Morgan fingerprint density at radius 3 is 2.19 bits per heavy atom. The van der Waals surface area contributed by atoms with Crippen molar-refractivity contribution < 1.29 is 9.59 Å². The molecular weight excluding hydrogens is 606 g/mol. The summed E-state index contributed by atoms with van der Waals surface area (Å²) >= 11 is 6.23. The van der Waals surface area contributed by atoms with Gasteiger partial charge in [0, 0.05) is 55.4 Å². The lowest BCUT2D eigenvalue weighted by molar-refractivity contribution is -0.139. The van der Waals surface area contributed by atoms with E-state index in [1.807, 2.05) is 17.0 Å². The Balaban J connectivity index is 1.14. The summed E-state index contributed by atoms with van der Waals surface area (Å²) in [5, 5.41) is 4.51. The fourth-order valence-corrected chi connectivity index (χ4v) is 9.14. The molecule has 2 aromatic carbocycles. The summed E-state index contributed by atoms with van der Waals surface area (Å²) in [5.74, 6) is 0.765. The summed E-state index contributed by atoms with van der Waals surface area (Å²) in [6.45, 7) is 9.64. The third kappa shape index (κ3) is 8.34. The molecule has 3 saturated heterocycles. The average Bonchev–Trinajstić information content (AvgIpc) is 3.65. The maximum absolute atomic E-state index is 14.6. The van der Waals surface area contributed by atoms with E-state index >= 15 is 0 Å². The van der Waals surface area contributed by atoms with Gasteiger partial charge in [-0.25, -0.2) is 4.79 Å². The number of carbonyl (C=O) groups is 2. The first-order valence-electron chi connectivity index (χ1n) is 18.6. The highest BCUT2D eigenvalue weighted by atomic mass is 35.5. The highest BCUT2D eigenvalue weighted by Crippen LogP contribution is 2.40. The molecule has 4 fully saturated rings. The molecule has 3 amide bonds. The number of nitrogens with one attached hydrogen (secondary N) is 1. The molecule has 256 valence electrons. The van der Waals surface area contributed by atoms with Crippen LogP contribution in [0.1, 0.15) is 89.2 Å². The molecule has 0 spiro atoms. The van der Waals surface area contributed by atoms with Crippen molar-refractivity contribution in [1.29, 1.82) is 0 Å². The van der Waals surface area contributed by atoms with E-state index in [0.717, 1.165) is 94.8 Å². The van der Waals surface area contributed by atoms with Crippen molar-refractivity contribution in [3.05, 3.63) is 70.7 Å². The van der Waals surface area contributed by atoms with Gasteiger partial charge in [-0.3, -0.25) is 9.69 Å². The van der Waals surface area contributed by atoms with Gasteiger partial charge in [-0.1, -0.05) is 73.3 Å². The van der Waals surface area contributed by atoms with E-state index in [-0.39, 0.29) is 36.1 Å². The maximum atomic E-state index is 14.6. The normalized spacial score (nSPS) is 25.6. The Morgan fingerprint density at radius 2 is 1.53 bits per heavy atom.